The van der Waals surface area contributed by atoms with Crippen LogP contribution in [0.15, 0.2) is 82.3 Å². The zero-order chi connectivity index (χ0) is 17.9. The summed E-state index contributed by atoms with van der Waals surface area (Å²) in [5.74, 6) is 0.0326. The van der Waals surface area contributed by atoms with Gasteiger partial charge in [0.05, 0.1) is 11.2 Å². The van der Waals surface area contributed by atoms with E-state index in [2.05, 4.69) is 0 Å². The number of carbonyl (C=O) groups excluding carboxylic acids is 1. The lowest BCUT2D eigenvalue weighted by molar-refractivity contribution is 0.0978. The predicted octanol–water partition coefficient (Wildman–Crippen LogP) is 4.38. The average molecular weight is 354 g/mol. The van der Waals surface area contributed by atoms with E-state index in [1.54, 1.807) is 42.5 Å². The molecule has 3 rings (SSSR count). The number of carbonyl (C=O) groups is 1. The van der Waals surface area contributed by atoms with Crippen LogP contribution in [-0.4, -0.2) is 14.2 Å². The fourth-order valence-electron chi connectivity index (χ4n) is 2.64. The second kappa shape index (κ2) is 7.07. The molecule has 0 spiro atoms. The topological polar surface area (TPSA) is 64.3 Å². The van der Waals surface area contributed by atoms with Crippen molar-refractivity contribution in [3.63, 3.8) is 0 Å². The third kappa shape index (κ3) is 3.72. The van der Waals surface area contributed by atoms with Gasteiger partial charge in [0, 0.05) is 12.0 Å². The molecule has 4 nitrogen and oxygen atoms in total. The molecule has 128 valence electrons. The van der Waals surface area contributed by atoms with Crippen molar-refractivity contribution in [2.24, 2.45) is 0 Å². The number of sulfone groups is 1. The average Bonchev–Trinajstić information content (AvgIpc) is 3.15. The summed E-state index contributed by atoms with van der Waals surface area (Å²) in [6.45, 7) is 1.93. The first-order valence-corrected chi connectivity index (χ1v) is 9.45. The van der Waals surface area contributed by atoms with Crippen LogP contribution in [0.4, 0.5) is 0 Å². The lowest BCUT2D eigenvalue weighted by atomic mass is 10.0. The number of hydrogen-bond acceptors (Lipinski definition) is 4. The second-order valence-corrected chi connectivity index (χ2v) is 7.99. The first-order valence-electron chi connectivity index (χ1n) is 7.90. The molecule has 0 saturated heterocycles. The van der Waals surface area contributed by atoms with Crippen molar-refractivity contribution in [3.05, 3.63) is 89.9 Å². The third-order valence-electron chi connectivity index (χ3n) is 4.05. The molecule has 3 aromatic rings. The highest BCUT2D eigenvalue weighted by molar-refractivity contribution is 7.91. The number of ketones is 1. The van der Waals surface area contributed by atoms with Crippen molar-refractivity contribution >= 4 is 15.6 Å². The molecule has 5 heteroatoms. The number of hydrogen-bond donors (Lipinski definition) is 0. The number of Topliss-reactive ketones (excluding diaryl/α,β-unsaturated/α-hetero) is 1. The fourth-order valence-corrected chi connectivity index (χ4v) is 4.31. The molecule has 0 N–H and O–H groups in total. The molecule has 2 aromatic carbocycles. The van der Waals surface area contributed by atoms with Crippen molar-refractivity contribution in [1.29, 1.82) is 0 Å². The van der Waals surface area contributed by atoms with Crippen LogP contribution in [0.2, 0.25) is 0 Å². The second-order valence-electron chi connectivity index (χ2n) is 5.86. The van der Waals surface area contributed by atoms with Crippen LogP contribution in [-0.2, 0) is 9.84 Å². The summed E-state index contributed by atoms with van der Waals surface area (Å²) in [4.78, 5) is 12.8. The zero-order valence-corrected chi connectivity index (χ0v) is 14.6. The van der Waals surface area contributed by atoms with E-state index in [0.29, 0.717) is 5.56 Å². The van der Waals surface area contributed by atoms with Gasteiger partial charge in [0.25, 0.3) is 0 Å². The van der Waals surface area contributed by atoms with E-state index in [-0.39, 0.29) is 22.9 Å². The van der Waals surface area contributed by atoms with Crippen molar-refractivity contribution in [2.45, 2.75) is 23.5 Å². The first kappa shape index (κ1) is 17.2. The van der Waals surface area contributed by atoms with Crippen LogP contribution in [0.25, 0.3) is 0 Å². The van der Waals surface area contributed by atoms with Gasteiger partial charge in [0.15, 0.2) is 15.6 Å². The predicted molar refractivity (Wildman–Crippen MR) is 95.2 cm³/mol. The molecular formula is C20H18O4S. The van der Waals surface area contributed by atoms with Gasteiger partial charge in [-0.2, -0.15) is 0 Å². The van der Waals surface area contributed by atoms with Gasteiger partial charge in [0.1, 0.15) is 11.0 Å². The maximum absolute atomic E-state index is 13.0. The minimum absolute atomic E-state index is 0.173. The Morgan fingerprint density at radius 2 is 1.64 bits per heavy atom. The normalized spacial score (nSPS) is 12.7. The molecular weight excluding hydrogens is 336 g/mol. The summed E-state index contributed by atoms with van der Waals surface area (Å²) in [5, 5.41) is -1.06. The Kier molecular flexibility index (Phi) is 4.86. The van der Waals surface area contributed by atoms with E-state index in [1.807, 2.05) is 19.1 Å². The molecule has 0 radical (unpaired) electrons. The number of aryl methyl sites for hydroxylation is 1. The van der Waals surface area contributed by atoms with Crippen LogP contribution >= 0.6 is 0 Å². The van der Waals surface area contributed by atoms with E-state index in [0.717, 1.165) is 5.56 Å². The number of furan rings is 1. The van der Waals surface area contributed by atoms with Crippen LogP contribution in [0, 0.1) is 6.92 Å². The van der Waals surface area contributed by atoms with E-state index in [9.17, 15) is 13.2 Å². The Bertz CT molecular complexity index is 941. The van der Waals surface area contributed by atoms with Crippen LogP contribution in [0.1, 0.15) is 33.4 Å². The number of benzene rings is 2. The number of rotatable bonds is 6. The molecule has 0 aliphatic carbocycles. The largest absolute Gasteiger partial charge is 0.468 e. The molecule has 0 amide bonds. The Morgan fingerprint density at radius 1 is 0.960 bits per heavy atom. The highest BCUT2D eigenvalue weighted by Gasteiger charge is 2.33. The summed E-state index contributed by atoms with van der Waals surface area (Å²) in [5.41, 5.74) is 1.53. The van der Waals surface area contributed by atoms with E-state index < -0.39 is 15.1 Å². The van der Waals surface area contributed by atoms with Crippen molar-refractivity contribution in [3.8, 4) is 0 Å². The first-order chi connectivity index (χ1) is 12.0. The summed E-state index contributed by atoms with van der Waals surface area (Å²) < 4.78 is 31.4. The maximum atomic E-state index is 13.0. The van der Waals surface area contributed by atoms with Gasteiger partial charge >= 0.3 is 0 Å². The van der Waals surface area contributed by atoms with Crippen molar-refractivity contribution < 1.29 is 17.6 Å². The van der Waals surface area contributed by atoms with Gasteiger partial charge in [-0.25, -0.2) is 8.42 Å². The molecule has 0 aliphatic rings. The van der Waals surface area contributed by atoms with Crippen molar-refractivity contribution in [1.82, 2.24) is 0 Å². The summed E-state index contributed by atoms with van der Waals surface area (Å²) in [6, 6.07) is 18.4. The Labute approximate surface area is 147 Å². The Balaban J connectivity index is 1.96. The SMILES string of the molecule is Cc1ccc(C(=O)C[C@H](c2ccco2)S(=O)(=O)c2ccccc2)cc1. The monoisotopic (exact) mass is 354 g/mol. The third-order valence-corrected chi connectivity index (χ3v) is 6.13. The standard InChI is InChI=1S/C20H18O4S/c1-15-9-11-16(12-10-15)18(21)14-20(19-8-5-13-24-19)25(22,23)17-6-3-2-4-7-17/h2-13,20H,14H2,1H3/t20-/m1/s1. The van der Waals surface area contributed by atoms with Crippen LogP contribution in [0.5, 0.6) is 0 Å². The lowest BCUT2D eigenvalue weighted by Gasteiger charge is -2.15. The van der Waals surface area contributed by atoms with Crippen LogP contribution in [0.3, 0.4) is 0 Å². The summed E-state index contributed by atoms with van der Waals surface area (Å²) in [7, 11) is -3.75. The Hall–Kier alpha value is -2.66. The highest BCUT2D eigenvalue weighted by atomic mass is 32.2. The molecule has 0 bridgehead atoms. The lowest BCUT2D eigenvalue weighted by Crippen LogP contribution is -2.17. The minimum atomic E-state index is -3.75. The molecule has 0 saturated carbocycles. The molecule has 0 fully saturated rings. The molecule has 1 atom stereocenters. The van der Waals surface area contributed by atoms with Gasteiger partial charge < -0.3 is 4.42 Å². The van der Waals surface area contributed by atoms with Gasteiger partial charge in [-0.05, 0) is 31.2 Å². The van der Waals surface area contributed by atoms with Crippen LogP contribution < -0.4 is 0 Å². The van der Waals surface area contributed by atoms with Crippen molar-refractivity contribution in [2.75, 3.05) is 0 Å². The smallest absolute Gasteiger partial charge is 0.188 e. The zero-order valence-electron chi connectivity index (χ0n) is 13.8. The highest BCUT2D eigenvalue weighted by Crippen LogP contribution is 2.33. The van der Waals surface area contributed by atoms with Gasteiger partial charge in [-0.3, -0.25) is 4.79 Å². The van der Waals surface area contributed by atoms with E-state index in [1.165, 1.54) is 18.4 Å². The quantitative estimate of drug-likeness (QED) is 0.616. The summed E-state index contributed by atoms with van der Waals surface area (Å²) in [6.07, 6.45) is 1.24. The Morgan fingerprint density at radius 3 is 2.24 bits per heavy atom. The molecule has 0 aliphatic heterocycles. The van der Waals surface area contributed by atoms with Gasteiger partial charge in [-0.15, -0.1) is 0 Å². The molecule has 1 aromatic heterocycles. The van der Waals surface area contributed by atoms with E-state index >= 15 is 0 Å². The summed E-state index contributed by atoms with van der Waals surface area (Å²) >= 11 is 0. The fraction of sp³-hybridized carbons (Fsp3) is 0.150. The van der Waals surface area contributed by atoms with Gasteiger partial charge in [0.2, 0.25) is 0 Å². The van der Waals surface area contributed by atoms with Gasteiger partial charge in [-0.1, -0.05) is 48.0 Å². The molecule has 1 heterocycles. The van der Waals surface area contributed by atoms with E-state index in [4.69, 9.17) is 4.42 Å². The maximum Gasteiger partial charge on any atom is 0.188 e. The molecule has 25 heavy (non-hydrogen) atoms. The molecule has 0 unspecified atom stereocenters. The minimum Gasteiger partial charge on any atom is -0.468 e.